The molecule has 1 heterocycles. The summed E-state index contributed by atoms with van der Waals surface area (Å²) in [5.41, 5.74) is 2.09. The molecular weight excluding hydrogens is 506 g/mol. The van der Waals surface area contributed by atoms with Crippen molar-refractivity contribution in [2.45, 2.75) is 18.5 Å². The number of aromatic nitrogens is 2. The molecule has 4 N–H and O–H groups in total. The molecule has 0 aliphatic carbocycles. The fourth-order valence-corrected chi connectivity index (χ4v) is 4.84. The van der Waals surface area contributed by atoms with Crippen molar-refractivity contribution in [1.29, 1.82) is 0 Å². The van der Waals surface area contributed by atoms with E-state index in [4.69, 9.17) is 4.74 Å². The van der Waals surface area contributed by atoms with Crippen LogP contribution in [-0.4, -0.2) is 50.0 Å². The maximum atomic E-state index is 12.5. The van der Waals surface area contributed by atoms with Gasteiger partial charge >= 0.3 is 6.61 Å². The van der Waals surface area contributed by atoms with Gasteiger partial charge in [-0.25, -0.2) is 8.42 Å². The van der Waals surface area contributed by atoms with Crippen molar-refractivity contribution in [2.75, 3.05) is 24.4 Å². The van der Waals surface area contributed by atoms with E-state index in [1.54, 1.807) is 66.7 Å². The lowest BCUT2D eigenvalue weighted by atomic mass is 10.1. The van der Waals surface area contributed by atoms with Crippen LogP contribution in [0.15, 0.2) is 72.8 Å². The van der Waals surface area contributed by atoms with Crippen molar-refractivity contribution < 1.29 is 31.8 Å². The third-order valence-electron chi connectivity index (χ3n) is 5.33. The quantitative estimate of drug-likeness (QED) is 0.193. The maximum absolute atomic E-state index is 12.5. The second-order valence-corrected chi connectivity index (χ2v) is 9.88. The molecule has 37 heavy (non-hydrogen) atoms. The molecule has 0 bridgehead atoms. The highest BCUT2D eigenvalue weighted by Crippen LogP contribution is 2.27. The van der Waals surface area contributed by atoms with Crippen LogP contribution in [0.25, 0.3) is 10.9 Å². The van der Waals surface area contributed by atoms with Gasteiger partial charge in [0.05, 0.1) is 22.8 Å². The molecule has 1 atom stereocenters. The molecule has 0 saturated heterocycles. The Balaban J connectivity index is 1.23. The molecule has 12 heteroatoms. The minimum atomic E-state index is -3.61. The van der Waals surface area contributed by atoms with Crippen LogP contribution >= 0.6 is 0 Å². The van der Waals surface area contributed by atoms with Crippen LogP contribution in [-0.2, 0) is 15.8 Å². The van der Waals surface area contributed by atoms with E-state index in [1.165, 1.54) is 0 Å². The summed E-state index contributed by atoms with van der Waals surface area (Å²) in [5.74, 6) is 0.179. The first-order chi connectivity index (χ1) is 17.8. The highest BCUT2D eigenvalue weighted by Gasteiger charge is 2.14. The Kier molecular flexibility index (Phi) is 8.54. The van der Waals surface area contributed by atoms with Crippen LogP contribution < -0.4 is 19.5 Å². The molecule has 1 aromatic heterocycles. The summed E-state index contributed by atoms with van der Waals surface area (Å²) in [7, 11) is -3.61. The van der Waals surface area contributed by atoms with Crippen molar-refractivity contribution >= 4 is 26.6 Å². The Morgan fingerprint density at radius 1 is 1.03 bits per heavy atom. The third kappa shape index (κ3) is 7.62. The number of aliphatic hydroxyl groups is 1. The normalized spacial score (nSPS) is 12.5. The SMILES string of the molecule is O=S(=O)(Cc1ccccc1)Nc1cccc([C@@H](O)CNCCOc2ccc3c(OC(F)F)n[nH]c3c2)c1. The Bertz CT molecular complexity index is 1420. The van der Waals surface area contributed by atoms with E-state index in [0.29, 0.717) is 40.0 Å². The second-order valence-electron chi connectivity index (χ2n) is 8.16. The maximum Gasteiger partial charge on any atom is 0.388 e. The van der Waals surface area contributed by atoms with Crippen LogP contribution in [0.5, 0.6) is 11.6 Å². The molecule has 0 saturated carbocycles. The number of aromatic amines is 1. The van der Waals surface area contributed by atoms with Gasteiger partial charge in [-0.2, -0.15) is 8.78 Å². The summed E-state index contributed by atoms with van der Waals surface area (Å²) in [5, 5.41) is 20.4. The van der Waals surface area contributed by atoms with Crippen LogP contribution in [0.2, 0.25) is 0 Å². The van der Waals surface area contributed by atoms with E-state index in [1.807, 2.05) is 6.07 Å². The zero-order valence-corrected chi connectivity index (χ0v) is 20.4. The molecule has 0 radical (unpaired) electrons. The lowest BCUT2D eigenvalue weighted by Crippen LogP contribution is -2.26. The second kappa shape index (κ2) is 12.0. The number of H-pyrrole nitrogens is 1. The average Bonchev–Trinajstić information content (AvgIpc) is 3.25. The van der Waals surface area contributed by atoms with Gasteiger partial charge in [0, 0.05) is 24.8 Å². The minimum Gasteiger partial charge on any atom is -0.492 e. The van der Waals surface area contributed by atoms with Crippen molar-refractivity contribution in [2.24, 2.45) is 0 Å². The molecule has 3 aromatic carbocycles. The number of rotatable bonds is 13. The predicted molar refractivity (Wildman–Crippen MR) is 135 cm³/mol. The highest BCUT2D eigenvalue weighted by atomic mass is 32.2. The molecule has 0 aliphatic rings. The van der Waals surface area contributed by atoms with Gasteiger partial charge in [-0.1, -0.05) is 42.5 Å². The van der Waals surface area contributed by atoms with E-state index in [0.717, 1.165) is 0 Å². The van der Waals surface area contributed by atoms with Crippen LogP contribution in [0.1, 0.15) is 17.2 Å². The number of nitrogens with one attached hydrogen (secondary N) is 3. The lowest BCUT2D eigenvalue weighted by Gasteiger charge is -2.15. The summed E-state index contributed by atoms with van der Waals surface area (Å²) >= 11 is 0. The number of ether oxygens (including phenoxy) is 2. The molecule has 0 fully saturated rings. The van der Waals surface area contributed by atoms with Crippen molar-refractivity contribution in [1.82, 2.24) is 15.5 Å². The van der Waals surface area contributed by atoms with Crippen LogP contribution in [0.3, 0.4) is 0 Å². The van der Waals surface area contributed by atoms with Crippen molar-refractivity contribution in [3.05, 3.63) is 83.9 Å². The van der Waals surface area contributed by atoms with Crippen molar-refractivity contribution in [3.63, 3.8) is 0 Å². The molecule has 9 nitrogen and oxygen atoms in total. The predicted octanol–water partition coefficient (Wildman–Crippen LogP) is 3.81. The third-order valence-corrected chi connectivity index (χ3v) is 6.59. The molecule has 0 amide bonds. The number of halogens is 2. The van der Waals surface area contributed by atoms with E-state index in [2.05, 4.69) is 25.0 Å². The molecule has 0 unspecified atom stereocenters. The number of anilines is 1. The molecule has 0 spiro atoms. The average molecular weight is 533 g/mol. The summed E-state index contributed by atoms with van der Waals surface area (Å²) in [6.45, 7) is -2.04. The molecule has 196 valence electrons. The molecule has 0 aliphatic heterocycles. The first-order valence-corrected chi connectivity index (χ1v) is 13.0. The Labute approximate surface area is 212 Å². The number of aliphatic hydroxyl groups excluding tert-OH is 1. The number of fused-ring (bicyclic) bond motifs is 1. The van der Waals surface area contributed by atoms with Gasteiger partial charge in [0.15, 0.2) is 0 Å². The fraction of sp³-hybridized carbons (Fsp3) is 0.240. The van der Waals surface area contributed by atoms with Gasteiger partial charge in [0.2, 0.25) is 15.9 Å². The molecule has 4 aromatic rings. The van der Waals surface area contributed by atoms with Gasteiger partial charge in [-0.15, -0.1) is 5.10 Å². The summed E-state index contributed by atoms with van der Waals surface area (Å²) in [6.07, 6.45) is -0.867. The number of sulfonamides is 1. The van der Waals surface area contributed by atoms with E-state index in [-0.39, 0.29) is 24.8 Å². The summed E-state index contributed by atoms with van der Waals surface area (Å²) in [4.78, 5) is 0. The Morgan fingerprint density at radius 3 is 2.62 bits per heavy atom. The van der Waals surface area contributed by atoms with E-state index >= 15 is 0 Å². The Morgan fingerprint density at radius 2 is 1.84 bits per heavy atom. The Hall–Kier alpha value is -3.74. The number of alkyl halides is 2. The van der Waals surface area contributed by atoms with E-state index in [9.17, 15) is 22.3 Å². The number of hydrogen-bond acceptors (Lipinski definition) is 7. The van der Waals surface area contributed by atoms with Crippen LogP contribution in [0.4, 0.5) is 14.5 Å². The smallest absolute Gasteiger partial charge is 0.388 e. The topological polar surface area (TPSA) is 126 Å². The van der Waals surface area contributed by atoms with Gasteiger partial charge in [0.1, 0.15) is 12.4 Å². The van der Waals surface area contributed by atoms with E-state index < -0.39 is 22.7 Å². The standard InChI is InChI=1S/C25H26F2N4O5S/c26-25(27)36-24-21-10-9-20(14-22(21)29-30-24)35-12-11-28-15-23(32)18-7-4-8-19(13-18)31-37(33,34)16-17-5-2-1-3-6-17/h1-10,13-14,23,25,28,31-32H,11-12,15-16H2,(H,29,30)/t23-/m0/s1. The van der Waals surface area contributed by atoms with Gasteiger partial charge in [-0.05, 0) is 35.4 Å². The molecular formula is C25H26F2N4O5S. The first-order valence-electron chi connectivity index (χ1n) is 11.4. The lowest BCUT2D eigenvalue weighted by molar-refractivity contribution is -0.0518. The number of nitrogens with zero attached hydrogens (tertiary/aromatic N) is 1. The van der Waals surface area contributed by atoms with Crippen LogP contribution in [0, 0.1) is 0 Å². The van der Waals surface area contributed by atoms with Gasteiger partial charge in [0.25, 0.3) is 0 Å². The zero-order chi connectivity index (χ0) is 26.3. The largest absolute Gasteiger partial charge is 0.492 e. The first kappa shape index (κ1) is 26.3. The van der Waals surface area contributed by atoms with Crippen molar-refractivity contribution in [3.8, 4) is 11.6 Å². The van der Waals surface area contributed by atoms with Gasteiger partial charge in [-0.3, -0.25) is 9.82 Å². The van der Waals surface area contributed by atoms with Gasteiger partial charge < -0.3 is 19.9 Å². The number of benzene rings is 3. The number of hydrogen-bond donors (Lipinski definition) is 4. The fourth-order valence-electron chi connectivity index (χ4n) is 3.65. The minimum absolute atomic E-state index is 0.153. The highest BCUT2D eigenvalue weighted by molar-refractivity contribution is 7.91. The molecule has 4 rings (SSSR count). The zero-order valence-electron chi connectivity index (χ0n) is 19.6. The monoisotopic (exact) mass is 532 g/mol. The summed E-state index contributed by atoms with van der Waals surface area (Å²) < 4.78 is 62.4. The summed E-state index contributed by atoms with van der Waals surface area (Å²) in [6, 6.07) is 20.3.